The van der Waals surface area contributed by atoms with Crippen LogP contribution in [0.2, 0.25) is 5.02 Å². The van der Waals surface area contributed by atoms with Gasteiger partial charge in [0.15, 0.2) is 0 Å². The summed E-state index contributed by atoms with van der Waals surface area (Å²) in [6.07, 6.45) is 0. The van der Waals surface area contributed by atoms with E-state index in [-0.39, 0.29) is 16.5 Å². The smallest absolute Gasteiger partial charge is 0.264 e. The number of hydrogen-bond acceptors (Lipinski definition) is 5. The molecule has 0 radical (unpaired) electrons. The Morgan fingerprint density at radius 2 is 1.44 bits per heavy atom. The fraction of sp³-hybridized carbons (Fsp3) is 0.0690. The molecule has 0 aromatic heterocycles. The number of rotatable bonds is 9. The molecule has 4 aromatic carbocycles. The Bertz CT molecular complexity index is 1590. The van der Waals surface area contributed by atoms with Crippen LogP contribution in [0.5, 0.6) is 0 Å². The zero-order valence-electron chi connectivity index (χ0n) is 20.9. The van der Waals surface area contributed by atoms with Crippen molar-refractivity contribution in [3.05, 3.63) is 125 Å². The Morgan fingerprint density at radius 3 is 2.10 bits per heavy atom. The van der Waals surface area contributed by atoms with Gasteiger partial charge in [-0.3, -0.25) is 13.9 Å². The minimum Gasteiger partial charge on any atom is -0.322 e. The summed E-state index contributed by atoms with van der Waals surface area (Å²) in [5.74, 6) is -0.894. The minimum absolute atomic E-state index is 0.0433. The number of sulfonamides is 1. The van der Waals surface area contributed by atoms with E-state index in [2.05, 4.69) is 15.8 Å². The number of benzene rings is 4. The van der Waals surface area contributed by atoms with Crippen molar-refractivity contribution in [1.29, 1.82) is 0 Å². The van der Waals surface area contributed by atoms with Gasteiger partial charge in [-0.25, -0.2) is 13.8 Å². The lowest BCUT2D eigenvalue weighted by atomic mass is 10.1. The van der Waals surface area contributed by atoms with Gasteiger partial charge in [-0.1, -0.05) is 60.1 Å². The summed E-state index contributed by atoms with van der Waals surface area (Å²) in [4.78, 5) is 25.4. The molecule has 0 aliphatic rings. The summed E-state index contributed by atoms with van der Waals surface area (Å²) < 4.78 is 27.8. The monoisotopic (exact) mass is 560 g/mol. The highest BCUT2D eigenvalue weighted by molar-refractivity contribution is 7.92. The summed E-state index contributed by atoms with van der Waals surface area (Å²) >= 11 is 5.98. The lowest BCUT2D eigenvalue weighted by Gasteiger charge is -2.23. The molecule has 4 aromatic rings. The van der Waals surface area contributed by atoms with Crippen LogP contribution in [-0.4, -0.2) is 32.5 Å². The molecule has 0 unspecified atom stereocenters. The first-order chi connectivity index (χ1) is 18.7. The molecule has 198 valence electrons. The van der Waals surface area contributed by atoms with Gasteiger partial charge in [-0.2, -0.15) is 5.10 Å². The van der Waals surface area contributed by atoms with Gasteiger partial charge in [0.05, 0.1) is 16.3 Å². The van der Waals surface area contributed by atoms with E-state index < -0.39 is 22.5 Å². The van der Waals surface area contributed by atoms with Gasteiger partial charge in [0, 0.05) is 16.3 Å². The van der Waals surface area contributed by atoms with Crippen molar-refractivity contribution in [2.75, 3.05) is 16.2 Å². The van der Waals surface area contributed by atoms with Crippen molar-refractivity contribution in [2.24, 2.45) is 5.10 Å². The fourth-order valence-corrected chi connectivity index (χ4v) is 5.20. The topological polar surface area (TPSA) is 108 Å². The van der Waals surface area contributed by atoms with E-state index in [4.69, 9.17) is 11.6 Å². The van der Waals surface area contributed by atoms with Gasteiger partial charge in [0.25, 0.3) is 21.8 Å². The summed E-state index contributed by atoms with van der Waals surface area (Å²) in [6.45, 7) is 1.18. The number of halogens is 1. The molecular weight excluding hydrogens is 536 g/mol. The highest BCUT2D eigenvalue weighted by Gasteiger charge is 2.27. The molecule has 2 amide bonds. The molecule has 0 bridgehead atoms. The van der Waals surface area contributed by atoms with Crippen molar-refractivity contribution >= 4 is 50.5 Å². The van der Waals surface area contributed by atoms with E-state index in [9.17, 15) is 18.0 Å². The Balaban J connectivity index is 1.49. The molecule has 0 aliphatic heterocycles. The highest BCUT2D eigenvalue weighted by atomic mass is 35.5. The number of amides is 2. The molecule has 0 aliphatic carbocycles. The van der Waals surface area contributed by atoms with Gasteiger partial charge >= 0.3 is 0 Å². The van der Waals surface area contributed by atoms with Crippen LogP contribution in [0.25, 0.3) is 0 Å². The number of carbonyl (C=O) groups excluding carboxylic acids is 2. The van der Waals surface area contributed by atoms with Crippen LogP contribution in [0, 0.1) is 0 Å². The largest absolute Gasteiger partial charge is 0.322 e. The van der Waals surface area contributed by atoms with Gasteiger partial charge in [0.2, 0.25) is 0 Å². The quantitative estimate of drug-likeness (QED) is 0.213. The van der Waals surface area contributed by atoms with Crippen LogP contribution in [0.1, 0.15) is 22.8 Å². The maximum Gasteiger partial charge on any atom is 0.264 e. The van der Waals surface area contributed by atoms with Gasteiger partial charge in [0.1, 0.15) is 6.54 Å². The Kier molecular flexibility index (Phi) is 8.75. The van der Waals surface area contributed by atoms with Crippen LogP contribution in [0.4, 0.5) is 11.4 Å². The molecule has 0 heterocycles. The fourth-order valence-electron chi connectivity index (χ4n) is 3.63. The zero-order chi connectivity index (χ0) is 27.8. The normalized spacial score (nSPS) is 11.5. The molecule has 39 heavy (non-hydrogen) atoms. The van der Waals surface area contributed by atoms with Crippen molar-refractivity contribution in [2.45, 2.75) is 11.8 Å². The second-order valence-electron chi connectivity index (χ2n) is 8.43. The average molecular weight is 561 g/mol. The molecular formula is C29H25ClN4O4S. The molecule has 0 fully saturated rings. The maximum atomic E-state index is 13.4. The standard InChI is InChI=1S/C29H25ClN4O4S/c1-21(23-11-8-12-25(19-23)31-29(36)22-9-4-2-5-10-22)32-33-28(35)20-34(26-17-15-24(30)16-18-26)39(37,38)27-13-6-3-7-14-27/h2-19H,20H2,1H3,(H,31,36)(H,33,35)/b32-21+. The molecule has 4 rings (SSSR count). The van der Waals surface area contributed by atoms with Crippen LogP contribution >= 0.6 is 11.6 Å². The van der Waals surface area contributed by atoms with Crippen molar-refractivity contribution in [3.63, 3.8) is 0 Å². The van der Waals surface area contributed by atoms with Gasteiger partial charge < -0.3 is 5.32 Å². The third-order valence-corrected chi connectivity index (χ3v) is 7.70. The molecule has 0 saturated carbocycles. The Hall–Kier alpha value is -4.47. The van der Waals surface area contributed by atoms with Gasteiger partial charge in [-0.15, -0.1) is 0 Å². The molecule has 8 nitrogen and oxygen atoms in total. The number of carbonyl (C=O) groups is 2. The lowest BCUT2D eigenvalue weighted by molar-refractivity contribution is -0.119. The zero-order valence-corrected chi connectivity index (χ0v) is 22.5. The Labute approximate surface area is 232 Å². The highest BCUT2D eigenvalue weighted by Crippen LogP contribution is 2.25. The maximum absolute atomic E-state index is 13.4. The molecule has 0 saturated heterocycles. The third-order valence-electron chi connectivity index (χ3n) is 5.66. The SMILES string of the molecule is C/C(=N\NC(=O)CN(c1ccc(Cl)cc1)S(=O)(=O)c1ccccc1)c1cccc(NC(=O)c2ccccc2)c1. The third kappa shape index (κ3) is 7.10. The summed E-state index contributed by atoms with van der Waals surface area (Å²) in [5, 5.41) is 7.42. The predicted molar refractivity (Wildman–Crippen MR) is 154 cm³/mol. The van der Waals surface area contributed by atoms with Crippen molar-refractivity contribution in [1.82, 2.24) is 5.43 Å². The van der Waals surface area contributed by atoms with E-state index >= 15 is 0 Å². The predicted octanol–water partition coefficient (Wildman–Crippen LogP) is 5.33. The first-order valence-electron chi connectivity index (χ1n) is 11.9. The minimum atomic E-state index is -4.05. The first kappa shape index (κ1) is 27.6. The van der Waals surface area contributed by atoms with E-state index in [1.165, 1.54) is 24.3 Å². The van der Waals surface area contributed by atoms with Crippen LogP contribution in [0.15, 0.2) is 119 Å². The summed E-state index contributed by atoms with van der Waals surface area (Å²) in [6, 6.07) is 29.8. The number of hydrazone groups is 1. The molecule has 0 atom stereocenters. The first-order valence-corrected chi connectivity index (χ1v) is 13.7. The molecule has 2 N–H and O–H groups in total. The molecule has 0 spiro atoms. The van der Waals surface area contributed by atoms with Crippen molar-refractivity contribution in [3.8, 4) is 0 Å². The van der Waals surface area contributed by atoms with Crippen LogP contribution < -0.4 is 15.0 Å². The number of nitrogens with zero attached hydrogens (tertiary/aromatic N) is 2. The van der Waals surface area contributed by atoms with Crippen LogP contribution in [-0.2, 0) is 14.8 Å². The number of anilines is 2. The number of hydrogen-bond donors (Lipinski definition) is 2. The van der Waals surface area contributed by atoms with Gasteiger partial charge in [-0.05, 0) is 73.2 Å². The number of nitrogens with one attached hydrogen (secondary N) is 2. The summed E-state index contributed by atoms with van der Waals surface area (Å²) in [7, 11) is -4.05. The second-order valence-corrected chi connectivity index (χ2v) is 10.7. The second kappa shape index (κ2) is 12.4. The summed E-state index contributed by atoms with van der Waals surface area (Å²) in [5.41, 5.74) is 4.92. The van der Waals surface area contributed by atoms with Crippen LogP contribution in [0.3, 0.4) is 0 Å². The average Bonchev–Trinajstić information content (AvgIpc) is 2.96. The van der Waals surface area contributed by atoms with E-state index in [0.29, 0.717) is 27.5 Å². The lowest BCUT2D eigenvalue weighted by Crippen LogP contribution is -2.39. The van der Waals surface area contributed by atoms with E-state index in [1.54, 1.807) is 85.8 Å². The molecule has 10 heteroatoms. The van der Waals surface area contributed by atoms with Crippen molar-refractivity contribution < 1.29 is 18.0 Å². The van der Waals surface area contributed by atoms with E-state index in [0.717, 1.165) is 4.31 Å². The Morgan fingerprint density at radius 1 is 0.821 bits per heavy atom. The van der Waals surface area contributed by atoms with E-state index in [1.807, 2.05) is 6.07 Å².